The van der Waals surface area contributed by atoms with Gasteiger partial charge in [-0.2, -0.15) is 0 Å². The van der Waals surface area contributed by atoms with Crippen LogP contribution in [-0.2, 0) is 33.4 Å². The number of hydrogen-bond acceptors (Lipinski definition) is 7. The Morgan fingerprint density at radius 2 is 1.68 bits per heavy atom. The molecule has 1 aromatic rings. The minimum Gasteiger partial charge on any atom is -0.422 e. The van der Waals surface area contributed by atoms with Gasteiger partial charge in [0.25, 0.3) is 6.29 Å². The van der Waals surface area contributed by atoms with E-state index in [4.69, 9.17) is 14.2 Å². The lowest BCUT2D eigenvalue weighted by molar-refractivity contribution is -0.226. The Morgan fingerprint density at radius 1 is 1.07 bits per heavy atom. The molecule has 2 fully saturated rings. The zero-order valence-electron chi connectivity index (χ0n) is 15.6. The van der Waals surface area contributed by atoms with Crippen molar-refractivity contribution in [1.82, 2.24) is 0 Å². The molecule has 0 N–H and O–H groups in total. The second-order valence-corrected chi connectivity index (χ2v) is 7.20. The zero-order chi connectivity index (χ0) is 20.2. The summed E-state index contributed by atoms with van der Waals surface area (Å²) in [5, 5.41) is 0. The van der Waals surface area contributed by atoms with Crippen LogP contribution in [0.2, 0.25) is 0 Å². The summed E-state index contributed by atoms with van der Waals surface area (Å²) in [4.78, 5) is 50.6. The molecule has 0 saturated carbocycles. The van der Waals surface area contributed by atoms with Crippen molar-refractivity contribution in [3.8, 4) is 0 Å². The van der Waals surface area contributed by atoms with E-state index in [1.54, 1.807) is 24.3 Å². The monoisotopic (exact) mass is 385 g/mol. The van der Waals surface area contributed by atoms with E-state index < -0.39 is 47.7 Å². The van der Waals surface area contributed by atoms with Crippen molar-refractivity contribution >= 4 is 29.4 Å². The summed E-state index contributed by atoms with van der Waals surface area (Å²) in [5.74, 6) is -3.99. The minimum atomic E-state index is -1.53. The maximum Gasteiger partial charge on any atom is 0.305 e. The molecule has 4 rings (SSSR count). The van der Waals surface area contributed by atoms with Gasteiger partial charge in [0.2, 0.25) is 11.8 Å². The molecule has 0 unspecified atom stereocenters. The van der Waals surface area contributed by atoms with Crippen LogP contribution in [0, 0.1) is 18.8 Å². The van der Waals surface area contributed by atoms with Crippen LogP contribution >= 0.6 is 0 Å². The highest BCUT2D eigenvalue weighted by atomic mass is 16.7. The molecule has 0 spiro atoms. The van der Waals surface area contributed by atoms with Crippen LogP contribution in [0.1, 0.15) is 19.4 Å². The number of aryl methyl sites for hydroxylation is 1. The third-order valence-corrected chi connectivity index (χ3v) is 5.28. The fraction of sp³-hybridized carbons (Fsp3) is 0.400. The predicted octanol–water partition coefficient (Wildman–Crippen LogP) is 1.26. The summed E-state index contributed by atoms with van der Waals surface area (Å²) in [6, 6.07) is 7.02. The highest BCUT2D eigenvalue weighted by molar-refractivity contribution is 6.23. The lowest BCUT2D eigenvalue weighted by Crippen LogP contribution is -2.52. The van der Waals surface area contributed by atoms with Crippen molar-refractivity contribution in [2.45, 2.75) is 38.8 Å². The first-order valence-corrected chi connectivity index (χ1v) is 8.90. The molecule has 3 heterocycles. The van der Waals surface area contributed by atoms with E-state index in [2.05, 4.69) is 0 Å². The maximum absolute atomic E-state index is 13.3. The molecule has 4 atom stereocenters. The summed E-state index contributed by atoms with van der Waals surface area (Å²) in [6.45, 7) is 4.23. The van der Waals surface area contributed by atoms with Crippen LogP contribution in [0.25, 0.3) is 0 Å². The first kappa shape index (κ1) is 18.4. The number of amides is 2. The summed E-state index contributed by atoms with van der Waals surface area (Å²) in [7, 11) is 0. The average molecular weight is 385 g/mol. The standard InChI is InChI=1S/C20H19NO7/c1-10-4-6-13(7-5-10)21-17(24)15-14-8-9-20(28-14,16(15)18(21)25)19(26-11(2)22)27-12(3)23/h4-9,14-16,19H,1-3H3/t14-,15-,16+,20-/m0/s1. The normalized spacial score (nSPS) is 30.1. The number of fused-ring (bicyclic) bond motifs is 5. The molecule has 2 bridgehead atoms. The van der Waals surface area contributed by atoms with Gasteiger partial charge < -0.3 is 14.2 Å². The highest BCUT2D eigenvalue weighted by Crippen LogP contribution is 2.54. The number of imide groups is 1. The Morgan fingerprint density at radius 3 is 2.25 bits per heavy atom. The lowest BCUT2D eigenvalue weighted by Gasteiger charge is -2.34. The minimum absolute atomic E-state index is 0.389. The molecule has 0 radical (unpaired) electrons. The van der Waals surface area contributed by atoms with E-state index in [1.165, 1.54) is 0 Å². The molecule has 2 amide bonds. The number of anilines is 1. The number of carbonyl (C=O) groups is 4. The van der Waals surface area contributed by atoms with Gasteiger partial charge in [0.05, 0.1) is 23.6 Å². The molecule has 3 aliphatic rings. The first-order chi connectivity index (χ1) is 13.2. The van der Waals surface area contributed by atoms with Crippen LogP contribution in [0.5, 0.6) is 0 Å². The van der Waals surface area contributed by atoms with Gasteiger partial charge in [0, 0.05) is 13.8 Å². The highest BCUT2D eigenvalue weighted by Gasteiger charge is 2.72. The Hall–Kier alpha value is -3.00. The van der Waals surface area contributed by atoms with Gasteiger partial charge >= 0.3 is 11.9 Å². The predicted molar refractivity (Wildman–Crippen MR) is 94.7 cm³/mol. The summed E-state index contributed by atoms with van der Waals surface area (Å²) in [6.07, 6.45) is 1.07. The topological polar surface area (TPSA) is 99.2 Å². The van der Waals surface area contributed by atoms with Crippen molar-refractivity contribution in [2.24, 2.45) is 11.8 Å². The van der Waals surface area contributed by atoms with Gasteiger partial charge in [-0.05, 0) is 25.1 Å². The molecule has 3 aliphatic heterocycles. The number of hydrogen-bond donors (Lipinski definition) is 0. The van der Waals surface area contributed by atoms with E-state index in [1.807, 2.05) is 19.1 Å². The van der Waals surface area contributed by atoms with Gasteiger partial charge in [-0.15, -0.1) is 0 Å². The van der Waals surface area contributed by atoms with Gasteiger partial charge in [-0.3, -0.25) is 19.2 Å². The van der Waals surface area contributed by atoms with Crippen LogP contribution in [0.4, 0.5) is 5.69 Å². The lowest BCUT2D eigenvalue weighted by atomic mass is 9.76. The van der Waals surface area contributed by atoms with Crippen LogP contribution in [0.15, 0.2) is 36.4 Å². The number of ether oxygens (including phenoxy) is 3. The van der Waals surface area contributed by atoms with Crippen molar-refractivity contribution in [3.05, 3.63) is 42.0 Å². The number of esters is 2. The molecule has 0 aromatic heterocycles. The van der Waals surface area contributed by atoms with Gasteiger partial charge in [0.15, 0.2) is 5.60 Å². The van der Waals surface area contributed by atoms with Crippen LogP contribution < -0.4 is 4.90 Å². The summed E-state index contributed by atoms with van der Waals surface area (Å²) in [5.41, 5.74) is -0.0748. The van der Waals surface area contributed by atoms with Crippen molar-refractivity contribution < 1.29 is 33.4 Å². The maximum atomic E-state index is 13.3. The Kier molecular flexibility index (Phi) is 4.11. The molecule has 28 heavy (non-hydrogen) atoms. The SMILES string of the molecule is CC(=O)OC(OC(C)=O)[C@@]12C=C[C@H](O1)[C@@H]1C(=O)N(c3ccc(C)cc3)C(=O)[C@@H]12. The Balaban J connectivity index is 1.74. The Bertz CT molecular complexity index is 890. The number of nitrogens with zero attached hydrogens (tertiary/aromatic N) is 1. The molecule has 1 aromatic carbocycles. The molecule has 0 aliphatic carbocycles. The smallest absolute Gasteiger partial charge is 0.305 e. The van der Waals surface area contributed by atoms with Crippen molar-refractivity contribution in [2.75, 3.05) is 4.90 Å². The van der Waals surface area contributed by atoms with Crippen LogP contribution in [0.3, 0.4) is 0 Å². The third kappa shape index (κ3) is 2.56. The van der Waals surface area contributed by atoms with E-state index in [0.717, 1.165) is 24.3 Å². The number of benzene rings is 1. The van der Waals surface area contributed by atoms with Crippen LogP contribution in [-0.4, -0.2) is 41.7 Å². The fourth-order valence-corrected chi connectivity index (χ4v) is 4.17. The molecular weight excluding hydrogens is 366 g/mol. The molecule has 146 valence electrons. The van der Waals surface area contributed by atoms with Gasteiger partial charge in [-0.25, -0.2) is 4.90 Å². The quantitative estimate of drug-likeness (QED) is 0.333. The van der Waals surface area contributed by atoms with E-state index in [9.17, 15) is 19.2 Å². The summed E-state index contributed by atoms with van der Waals surface area (Å²) >= 11 is 0. The first-order valence-electron chi connectivity index (χ1n) is 8.90. The summed E-state index contributed by atoms with van der Waals surface area (Å²) < 4.78 is 16.2. The average Bonchev–Trinajstić information content (AvgIpc) is 3.26. The largest absolute Gasteiger partial charge is 0.422 e. The molecular formula is C20H19NO7. The van der Waals surface area contributed by atoms with Gasteiger partial charge in [-0.1, -0.05) is 23.8 Å². The molecule has 8 heteroatoms. The molecule has 8 nitrogen and oxygen atoms in total. The zero-order valence-corrected chi connectivity index (χ0v) is 15.6. The Labute approximate surface area is 161 Å². The van der Waals surface area contributed by atoms with E-state index >= 15 is 0 Å². The third-order valence-electron chi connectivity index (χ3n) is 5.28. The second-order valence-electron chi connectivity index (χ2n) is 7.20. The van der Waals surface area contributed by atoms with E-state index in [-0.39, 0.29) is 5.91 Å². The molecule has 2 saturated heterocycles. The van der Waals surface area contributed by atoms with Crippen molar-refractivity contribution in [1.29, 1.82) is 0 Å². The number of carbonyl (C=O) groups excluding carboxylic acids is 4. The number of rotatable bonds is 4. The fourth-order valence-electron chi connectivity index (χ4n) is 4.17. The van der Waals surface area contributed by atoms with E-state index in [0.29, 0.717) is 5.69 Å². The van der Waals surface area contributed by atoms with Crippen molar-refractivity contribution in [3.63, 3.8) is 0 Å². The van der Waals surface area contributed by atoms with Gasteiger partial charge in [0.1, 0.15) is 0 Å². The second kappa shape index (κ2) is 6.27.